The molecule has 0 fully saturated rings. The highest BCUT2D eigenvalue weighted by Gasteiger charge is 2.36. The van der Waals surface area contributed by atoms with Crippen molar-refractivity contribution in [1.82, 2.24) is 0 Å². The minimum atomic E-state index is -0.866. The van der Waals surface area contributed by atoms with Crippen LogP contribution < -0.4 is 0 Å². The SMILES string of the molecule is C[S+]([O-])c1cccc2c1C(C(C)(C)C)CC2. The third-order valence-electron chi connectivity index (χ3n) is 3.56. The number of fused-ring (bicyclic) bond motifs is 1. The van der Waals surface area contributed by atoms with Crippen LogP contribution in [0.2, 0.25) is 0 Å². The number of aryl methyl sites for hydroxylation is 1. The van der Waals surface area contributed by atoms with E-state index < -0.39 is 11.2 Å². The molecular weight excluding hydrogens is 216 g/mol. The largest absolute Gasteiger partial charge is 0.612 e. The Morgan fingerprint density at radius 2 is 2.00 bits per heavy atom. The zero-order chi connectivity index (χ0) is 11.9. The highest BCUT2D eigenvalue weighted by Crippen LogP contribution is 2.47. The summed E-state index contributed by atoms with van der Waals surface area (Å²) in [5, 5.41) is 0. The van der Waals surface area contributed by atoms with Crippen molar-refractivity contribution in [3.05, 3.63) is 29.3 Å². The lowest BCUT2D eigenvalue weighted by atomic mass is 9.77. The fraction of sp³-hybridized carbons (Fsp3) is 0.571. The van der Waals surface area contributed by atoms with Gasteiger partial charge < -0.3 is 4.55 Å². The lowest BCUT2D eigenvalue weighted by Gasteiger charge is -2.28. The van der Waals surface area contributed by atoms with E-state index in [0.29, 0.717) is 5.92 Å². The van der Waals surface area contributed by atoms with Crippen molar-refractivity contribution in [2.24, 2.45) is 5.41 Å². The molecule has 1 aliphatic carbocycles. The van der Waals surface area contributed by atoms with Gasteiger partial charge in [0.2, 0.25) is 0 Å². The van der Waals surface area contributed by atoms with E-state index in [1.54, 1.807) is 6.26 Å². The summed E-state index contributed by atoms with van der Waals surface area (Å²) in [6, 6.07) is 6.26. The van der Waals surface area contributed by atoms with Crippen molar-refractivity contribution in [2.45, 2.75) is 44.4 Å². The molecule has 2 rings (SSSR count). The first kappa shape index (κ1) is 12.0. The van der Waals surface area contributed by atoms with Gasteiger partial charge in [-0.1, -0.05) is 32.9 Å². The van der Waals surface area contributed by atoms with Gasteiger partial charge in [-0.15, -0.1) is 0 Å². The van der Waals surface area contributed by atoms with Gasteiger partial charge in [-0.05, 0) is 47.0 Å². The molecule has 0 heterocycles. The second-order valence-corrected chi connectivity index (χ2v) is 7.09. The Morgan fingerprint density at radius 3 is 2.56 bits per heavy atom. The van der Waals surface area contributed by atoms with E-state index in [4.69, 9.17) is 0 Å². The average Bonchev–Trinajstić information content (AvgIpc) is 2.59. The van der Waals surface area contributed by atoms with Crippen molar-refractivity contribution in [3.63, 3.8) is 0 Å². The first-order valence-corrected chi connectivity index (χ1v) is 7.42. The highest BCUT2D eigenvalue weighted by molar-refractivity contribution is 7.90. The second kappa shape index (κ2) is 4.08. The van der Waals surface area contributed by atoms with E-state index in [2.05, 4.69) is 26.8 Å². The van der Waals surface area contributed by atoms with Gasteiger partial charge in [0.25, 0.3) is 0 Å². The second-order valence-electron chi connectivity index (χ2n) is 5.74. The number of hydrogen-bond donors (Lipinski definition) is 0. The fourth-order valence-electron chi connectivity index (χ4n) is 2.76. The van der Waals surface area contributed by atoms with Crippen LogP contribution in [0.3, 0.4) is 0 Å². The first-order valence-electron chi connectivity index (χ1n) is 5.86. The van der Waals surface area contributed by atoms with E-state index in [1.807, 2.05) is 12.1 Å². The molecule has 2 atom stereocenters. The van der Waals surface area contributed by atoms with E-state index in [-0.39, 0.29) is 5.41 Å². The van der Waals surface area contributed by atoms with Crippen molar-refractivity contribution in [2.75, 3.05) is 6.26 Å². The summed E-state index contributed by atoms with van der Waals surface area (Å²) in [5.41, 5.74) is 3.05. The quantitative estimate of drug-likeness (QED) is 0.684. The molecule has 0 N–H and O–H groups in total. The highest BCUT2D eigenvalue weighted by atomic mass is 32.2. The maximum absolute atomic E-state index is 11.8. The molecule has 1 aromatic carbocycles. The summed E-state index contributed by atoms with van der Waals surface area (Å²) in [6.07, 6.45) is 4.13. The lowest BCUT2D eigenvalue weighted by molar-refractivity contribution is 0.316. The van der Waals surface area contributed by atoms with Crippen LogP contribution in [0.1, 0.15) is 44.2 Å². The van der Waals surface area contributed by atoms with Crippen molar-refractivity contribution in [1.29, 1.82) is 0 Å². The predicted octanol–water partition coefficient (Wildman–Crippen LogP) is 3.50. The monoisotopic (exact) mass is 236 g/mol. The molecule has 0 spiro atoms. The molecule has 0 saturated heterocycles. The summed E-state index contributed by atoms with van der Waals surface area (Å²) in [5.74, 6) is 0.558. The van der Waals surface area contributed by atoms with Crippen LogP contribution in [0, 0.1) is 5.41 Å². The Morgan fingerprint density at radius 1 is 1.31 bits per heavy atom. The van der Waals surface area contributed by atoms with Crippen LogP contribution >= 0.6 is 0 Å². The Balaban J connectivity index is 2.52. The number of rotatable bonds is 1. The Bertz CT molecular complexity index is 390. The predicted molar refractivity (Wildman–Crippen MR) is 69.3 cm³/mol. The lowest BCUT2D eigenvalue weighted by Crippen LogP contribution is -2.18. The van der Waals surface area contributed by atoms with Gasteiger partial charge in [0.05, 0.1) is 0 Å². The van der Waals surface area contributed by atoms with Crippen molar-refractivity contribution < 1.29 is 4.55 Å². The normalized spacial score (nSPS) is 21.9. The van der Waals surface area contributed by atoms with E-state index in [9.17, 15) is 4.55 Å². The third-order valence-corrected chi connectivity index (χ3v) is 4.54. The summed E-state index contributed by atoms with van der Waals surface area (Å²) >= 11 is -0.866. The number of hydrogen-bond acceptors (Lipinski definition) is 1. The molecule has 1 nitrogen and oxygen atoms in total. The molecule has 0 aliphatic heterocycles. The smallest absolute Gasteiger partial charge is 0.156 e. The van der Waals surface area contributed by atoms with Gasteiger partial charge in [-0.25, -0.2) is 0 Å². The Hall–Kier alpha value is -0.470. The molecule has 0 saturated carbocycles. The van der Waals surface area contributed by atoms with Gasteiger partial charge in [0.1, 0.15) is 6.26 Å². The number of benzene rings is 1. The molecule has 1 aromatic rings. The van der Waals surface area contributed by atoms with E-state index in [0.717, 1.165) is 11.3 Å². The minimum Gasteiger partial charge on any atom is -0.612 e. The summed E-state index contributed by atoms with van der Waals surface area (Å²) < 4.78 is 11.8. The molecule has 0 aromatic heterocycles. The van der Waals surface area contributed by atoms with Gasteiger partial charge in [0, 0.05) is 5.56 Å². The molecule has 1 aliphatic rings. The van der Waals surface area contributed by atoms with Crippen molar-refractivity contribution in [3.8, 4) is 0 Å². The van der Waals surface area contributed by atoms with Gasteiger partial charge in [-0.3, -0.25) is 0 Å². The minimum absolute atomic E-state index is 0.265. The van der Waals surface area contributed by atoms with Crippen LogP contribution in [0.25, 0.3) is 0 Å². The third kappa shape index (κ3) is 2.01. The molecule has 88 valence electrons. The molecular formula is C14H20OS. The van der Waals surface area contributed by atoms with Crippen LogP contribution in [-0.2, 0) is 17.6 Å². The molecule has 0 radical (unpaired) electrons. The average molecular weight is 236 g/mol. The summed E-state index contributed by atoms with van der Waals surface area (Å²) in [7, 11) is 0. The van der Waals surface area contributed by atoms with E-state index in [1.165, 1.54) is 17.5 Å². The zero-order valence-electron chi connectivity index (χ0n) is 10.5. The maximum Gasteiger partial charge on any atom is 0.156 e. The molecule has 0 bridgehead atoms. The molecule has 2 heteroatoms. The zero-order valence-corrected chi connectivity index (χ0v) is 11.4. The Kier molecular flexibility index (Phi) is 3.06. The maximum atomic E-state index is 11.8. The Labute approximate surface area is 101 Å². The van der Waals surface area contributed by atoms with Gasteiger partial charge >= 0.3 is 0 Å². The molecule has 2 unspecified atom stereocenters. The first-order chi connectivity index (χ1) is 7.41. The van der Waals surface area contributed by atoms with Gasteiger partial charge in [0.15, 0.2) is 4.90 Å². The van der Waals surface area contributed by atoms with Crippen molar-refractivity contribution >= 4 is 11.2 Å². The topological polar surface area (TPSA) is 23.1 Å². The van der Waals surface area contributed by atoms with Crippen LogP contribution in [0.5, 0.6) is 0 Å². The molecule has 16 heavy (non-hydrogen) atoms. The van der Waals surface area contributed by atoms with Crippen LogP contribution in [-0.4, -0.2) is 10.8 Å². The fourth-order valence-corrected chi connectivity index (χ4v) is 3.62. The molecule has 0 amide bonds. The summed E-state index contributed by atoms with van der Waals surface area (Å²) in [6.45, 7) is 6.84. The van der Waals surface area contributed by atoms with Gasteiger partial charge in [-0.2, -0.15) is 0 Å². The van der Waals surface area contributed by atoms with Crippen LogP contribution in [0.4, 0.5) is 0 Å². The summed E-state index contributed by atoms with van der Waals surface area (Å²) in [4.78, 5) is 1.05. The van der Waals surface area contributed by atoms with Crippen LogP contribution in [0.15, 0.2) is 23.1 Å². The van der Waals surface area contributed by atoms with E-state index >= 15 is 0 Å². The standard InChI is InChI=1S/C14H20OS/c1-14(2,3)11-9-8-10-6-5-7-12(13(10)11)16(4)15/h5-7,11H,8-9H2,1-4H3.